The lowest BCUT2D eigenvalue weighted by Crippen LogP contribution is -2.32. The normalized spacial score (nSPS) is 22.1. The zero-order chi connectivity index (χ0) is 25.1. The SMILES string of the molecule is CCN1C(=CC2=C(OC)C(=CC3=[N+](CC)c4ccccc4C3(C)C)C2=O)C(C)(C)c2ccccc21. The first-order chi connectivity index (χ1) is 16.7. The first kappa shape index (κ1) is 23.3. The highest BCUT2D eigenvalue weighted by Crippen LogP contribution is 2.49. The van der Waals surface area contributed by atoms with Crippen LogP contribution in [-0.2, 0) is 20.4 Å². The molecule has 0 saturated heterocycles. The molecule has 0 saturated carbocycles. The average Bonchev–Trinajstić information content (AvgIpc) is 3.21. The molecule has 3 aliphatic rings. The van der Waals surface area contributed by atoms with Crippen molar-refractivity contribution < 1.29 is 14.1 Å². The van der Waals surface area contributed by atoms with E-state index in [1.165, 1.54) is 22.5 Å². The summed E-state index contributed by atoms with van der Waals surface area (Å²) in [4.78, 5) is 15.9. The number of hydrogen-bond donors (Lipinski definition) is 0. The molecule has 4 heteroatoms. The van der Waals surface area contributed by atoms with E-state index in [-0.39, 0.29) is 16.6 Å². The standard InChI is InChI=1S/C31H35N2O2/c1-8-32-24-16-12-10-14-22(24)30(3,4)26(32)18-20-28(34)21(29(20)35-7)19-27-31(5,6)23-15-11-13-17-25(23)33(27)9-2/h10-19H,8-9H2,1-7H3/q+1. The van der Waals surface area contributed by atoms with Crippen LogP contribution < -0.4 is 4.90 Å². The minimum Gasteiger partial charge on any atom is -0.495 e. The van der Waals surface area contributed by atoms with Gasteiger partial charge in [-0.05, 0) is 45.4 Å². The van der Waals surface area contributed by atoms with Crippen LogP contribution in [-0.4, -0.2) is 36.3 Å². The Morgan fingerprint density at radius 2 is 1.57 bits per heavy atom. The second-order valence-corrected chi connectivity index (χ2v) is 10.5. The summed E-state index contributed by atoms with van der Waals surface area (Å²) in [5.41, 5.74) is 8.20. The van der Waals surface area contributed by atoms with Crippen LogP contribution in [0.3, 0.4) is 0 Å². The van der Waals surface area contributed by atoms with Gasteiger partial charge >= 0.3 is 0 Å². The Kier molecular flexibility index (Phi) is 5.39. The molecule has 0 unspecified atom stereocenters. The Morgan fingerprint density at radius 1 is 0.914 bits per heavy atom. The largest absolute Gasteiger partial charge is 0.495 e. The molecule has 2 aromatic carbocycles. The van der Waals surface area contributed by atoms with Gasteiger partial charge in [0.05, 0.1) is 23.7 Å². The molecule has 2 aromatic rings. The highest BCUT2D eigenvalue weighted by Gasteiger charge is 2.47. The number of allylic oxidation sites excluding steroid dienone is 5. The summed E-state index contributed by atoms with van der Waals surface area (Å²) in [5, 5.41) is 0. The number of methoxy groups -OCH3 is 1. The van der Waals surface area contributed by atoms with Gasteiger partial charge in [0.15, 0.2) is 5.71 Å². The lowest BCUT2D eigenvalue weighted by molar-refractivity contribution is -0.433. The van der Waals surface area contributed by atoms with Crippen LogP contribution in [0.1, 0.15) is 52.7 Å². The fraction of sp³-hybridized carbons (Fsp3) is 0.355. The van der Waals surface area contributed by atoms with Crippen molar-refractivity contribution in [1.29, 1.82) is 0 Å². The predicted molar refractivity (Wildman–Crippen MR) is 143 cm³/mol. The van der Waals surface area contributed by atoms with Crippen LogP contribution in [0.2, 0.25) is 0 Å². The molecule has 180 valence electrons. The zero-order valence-electron chi connectivity index (χ0n) is 21.9. The fourth-order valence-electron chi connectivity index (χ4n) is 6.07. The summed E-state index contributed by atoms with van der Waals surface area (Å²) in [6.45, 7) is 14.9. The number of ketones is 1. The minimum absolute atomic E-state index is 0.0486. The third-order valence-corrected chi connectivity index (χ3v) is 7.98. The monoisotopic (exact) mass is 467 g/mol. The number of nitrogens with zero attached hydrogens (tertiary/aromatic N) is 2. The summed E-state index contributed by atoms with van der Waals surface area (Å²) < 4.78 is 8.14. The molecule has 0 radical (unpaired) electrons. The Hall–Kier alpha value is -3.40. The molecule has 2 heterocycles. The van der Waals surface area contributed by atoms with Crippen molar-refractivity contribution >= 4 is 22.9 Å². The summed E-state index contributed by atoms with van der Waals surface area (Å²) in [6.07, 6.45) is 4.11. The van der Waals surface area contributed by atoms with E-state index in [0.29, 0.717) is 16.9 Å². The first-order valence-electron chi connectivity index (χ1n) is 12.6. The van der Waals surface area contributed by atoms with Gasteiger partial charge in [-0.2, -0.15) is 4.58 Å². The van der Waals surface area contributed by atoms with E-state index in [4.69, 9.17) is 4.74 Å². The van der Waals surface area contributed by atoms with E-state index in [9.17, 15) is 4.79 Å². The minimum atomic E-state index is -0.193. The molecule has 0 aromatic heterocycles. The van der Waals surface area contributed by atoms with Gasteiger partial charge in [0, 0.05) is 41.1 Å². The zero-order valence-corrected chi connectivity index (χ0v) is 21.9. The maximum Gasteiger partial charge on any atom is 0.209 e. The number of carbonyl (C=O) groups is 1. The second-order valence-electron chi connectivity index (χ2n) is 10.5. The van der Waals surface area contributed by atoms with E-state index in [1.54, 1.807) is 7.11 Å². The average molecular weight is 468 g/mol. The van der Waals surface area contributed by atoms with Gasteiger partial charge in [-0.25, -0.2) is 0 Å². The molecule has 0 amide bonds. The van der Waals surface area contributed by atoms with Crippen LogP contribution in [0.5, 0.6) is 0 Å². The smallest absolute Gasteiger partial charge is 0.209 e. The number of carbonyl (C=O) groups excluding carboxylic acids is 1. The highest BCUT2D eigenvalue weighted by atomic mass is 16.5. The van der Waals surface area contributed by atoms with Gasteiger partial charge < -0.3 is 9.64 Å². The van der Waals surface area contributed by atoms with Crippen LogP contribution in [0, 0.1) is 0 Å². The van der Waals surface area contributed by atoms with Crippen molar-refractivity contribution in [2.24, 2.45) is 0 Å². The third kappa shape index (κ3) is 3.19. The molecule has 4 nitrogen and oxygen atoms in total. The maximum absolute atomic E-state index is 13.6. The molecule has 1 aliphatic carbocycles. The van der Waals surface area contributed by atoms with Crippen molar-refractivity contribution in [3.8, 4) is 0 Å². The third-order valence-electron chi connectivity index (χ3n) is 7.98. The molecule has 0 fully saturated rings. The van der Waals surface area contributed by atoms with Gasteiger partial charge in [-0.1, -0.05) is 50.2 Å². The molecular weight excluding hydrogens is 432 g/mol. The number of benzene rings is 2. The molecule has 0 atom stereocenters. The topological polar surface area (TPSA) is 32.5 Å². The number of anilines is 1. The van der Waals surface area contributed by atoms with Crippen molar-refractivity contribution in [1.82, 2.24) is 0 Å². The Morgan fingerprint density at radius 3 is 2.23 bits per heavy atom. The number of fused-ring (bicyclic) bond motifs is 2. The molecule has 5 rings (SSSR count). The Bertz CT molecular complexity index is 1370. The van der Waals surface area contributed by atoms with E-state index >= 15 is 0 Å². The van der Waals surface area contributed by atoms with Crippen LogP contribution in [0.4, 0.5) is 11.4 Å². The number of likely N-dealkylation sites (N-methyl/N-ethyl adjacent to an activating group) is 1. The van der Waals surface area contributed by atoms with Gasteiger partial charge in [-0.15, -0.1) is 0 Å². The van der Waals surface area contributed by atoms with Gasteiger partial charge in [0.25, 0.3) is 0 Å². The summed E-state index contributed by atoms with van der Waals surface area (Å²) in [7, 11) is 1.66. The van der Waals surface area contributed by atoms with Crippen molar-refractivity contribution in [3.05, 3.63) is 94.4 Å². The van der Waals surface area contributed by atoms with Gasteiger partial charge in [0.2, 0.25) is 11.5 Å². The van der Waals surface area contributed by atoms with E-state index in [1.807, 2.05) is 0 Å². The molecule has 0 N–H and O–H groups in total. The second kappa shape index (κ2) is 8.08. The van der Waals surface area contributed by atoms with E-state index in [2.05, 4.69) is 112 Å². The Balaban J connectivity index is 1.61. The van der Waals surface area contributed by atoms with Crippen molar-refractivity contribution in [2.45, 2.75) is 52.4 Å². The van der Waals surface area contributed by atoms with Gasteiger partial charge in [-0.3, -0.25) is 4.79 Å². The number of para-hydroxylation sites is 2. The summed E-state index contributed by atoms with van der Waals surface area (Å²) in [6, 6.07) is 17.0. The van der Waals surface area contributed by atoms with Crippen LogP contribution >= 0.6 is 0 Å². The molecular formula is C31H35N2O2+. The number of rotatable bonds is 5. The lowest BCUT2D eigenvalue weighted by Gasteiger charge is -2.29. The van der Waals surface area contributed by atoms with Gasteiger partial charge in [0.1, 0.15) is 12.3 Å². The molecule has 35 heavy (non-hydrogen) atoms. The first-order valence-corrected chi connectivity index (χ1v) is 12.6. The van der Waals surface area contributed by atoms with Crippen LogP contribution in [0.15, 0.2) is 83.3 Å². The summed E-state index contributed by atoms with van der Waals surface area (Å²) in [5.74, 6) is 0.730. The lowest BCUT2D eigenvalue weighted by atomic mass is 9.77. The molecule has 0 spiro atoms. The number of hydrogen-bond acceptors (Lipinski definition) is 3. The molecule has 0 bridgehead atoms. The maximum atomic E-state index is 13.6. The fourth-order valence-corrected chi connectivity index (χ4v) is 6.07. The quantitative estimate of drug-likeness (QED) is 0.388. The van der Waals surface area contributed by atoms with Crippen LogP contribution in [0.25, 0.3) is 0 Å². The molecule has 2 aliphatic heterocycles. The Labute approximate surface area is 208 Å². The predicted octanol–water partition coefficient (Wildman–Crippen LogP) is 6.19. The number of ether oxygens (including phenoxy) is 1. The highest BCUT2D eigenvalue weighted by molar-refractivity contribution is 6.24. The van der Waals surface area contributed by atoms with E-state index in [0.717, 1.165) is 24.5 Å². The van der Waals surface area contributed by atoms with Crippen molar-refractivity contribution in [2.75, 3.05) is 25.1 Å². The number of Topliss-reactive ketones (excluding diaryl/α,β-unsaturated/α-hetero) is 1. The summed E-state index contributed by atoms with van der Waals surface area (Å²) >= 11 is 0. The van der Waals surface area contributed by atoms with Crippen molar-refractivity contribution in [3.63, 3.8) is 0 Å². The van der Waals surface area contributed by atoms with E-state index < -0.39 is 0 Å².